The second-order valence-corrected chi connectivity index (χ2v) is 8.02. The number of nitrogens with zero attached hydrogens (tertiary/aromatic N) is 1. The van der Waals surface area contributed by atoms with Crippen LogP contribution < -0.4 is 19.7 Å². The molecule has 0 radical (unpaired) electrons. The summed E-state index contributed by atoms with van der Waals surface area (Å²) in [4.78, 5) is 38.9. The number of hydrogen-bond acceptors (Lipinski definition) is 5. The maximum absolute atomic E-state index is 13.1. The Hall–Kier alpha value is -3.10. The van der Waals surface area contributed by atoms with E-state index in [0.717, 1.165) is 14.9 Å². The summed E-state index contributed by atoms with van der Waals surface area (Å²) in [7, 11) is 0. The summed E-state index contributed by atoms with van der Waals surface area (Å²) in [6.45, 7) is 7.82. The Bertz CT molecular complexity index is 1150. The van der Waals surface area contributed by atoms with E-state index < -0.39 is 17.8 Å². The Labute approximate surface area is 198 Å². The highest BCUT2D eigenvalue weighted by atomic mass is 79.9. The van der Waals surface area contributed by atoms with E-state index in [-0.39, 0.29) is 17.2 Å². The lowest BCUT2D eigenvalue weighted by molar-refractivity contribution is -0.122. The van der Waals surface area contributed by atoms with Gasteiger partial charge in [-0.25, -0.2) is 9.69 Å². The fourth-order valence-electron chi connectivity index (χ4n) is 3.04. The van der Waals surface area contributed by atoms with Crippen molar-refractivity contribution in [2.75, 3.05) is 18.1 Å². The Kier molecular flexibility index (Phi) is 7.37. The number of barbiturate groups is 1. The summed E-state index contributed by atoms with van der Waals surface area (Å²) >= 11 is 9.74. The number of amides is 4. The Morgan fingerprint density at radius 2 is 1.94 bits per heavy atom. The van der Waals surface area contributed by atoms with Crippen molar-refractivity contribution in [2.45, 2.75) is 13.8 Å². The fraction of sp³-hybridized carbons (Fsp3) is 0.174. The molecule has 1 N–H and O–H groups in total. The first-order valence-corrected chi connectivity index (χ1v) is 10.8. The van der Waals surface area contributed by atoms with E-state index in [1.807, 2.05) is 6.92 Å². The van der Waals surface area contributed by atoms with Crippen LogP contribution in [0.15, 0.2) is 53.0 Å². The number of anilines is 1. The molecule has 9 heteroatoms. The average Bonchev–Trinajstić information content (AvgIpc) is 2.73. The van der Waals surface area contributed by atoms with Crippen LogP contribution in [0.5, 0.6) is 11.5 Å². The van der Waals surface area contributed by atoms with Gasteiger partial charge in [0.15, 0.2) is 11.5 Å². The number of imide groups is 2. The van der Waals surface area contributed by atoms with Gasteiger partial charge in [0.1, 0.15) is 12.2 Å². The van der Waals surface area contributed by atoms with E-state index in [9.17, 15) is 14.4 Å². The van der Waals surface area contributed by atoms with E-state index in [2.05, 4.69) is 27.8 Å². The highest BCUT2D eigenvalue weighted by molar-refractivity contribution is 9.10. The van der Waals surface area contributed by atoms with Gasteiger partial charge in [-0.1, -0.05) is 40.2 Å². The van der Waals surface area contributed by atoms with Crippen molar-refractivity contribution in [1.29, 1.82) is 0 Å². The predicted octanol–water partition coefficient (Wildman–Crippen LogP) is 5.04. The van der Waals surface area contributed by atoms with Gasteiger partial charge in [-0.2, -0.15) is 0 Å². The molecule has 1 fully saturated rings. The summed E-state index contributed by atoms with van der Waals surface area (Å²) in [6.07, 6.45) is 2.93. The summed E-state index contributed by atoms with van der Waals surface area (Å²) in [5.74, 6) is -0.862. The van der Waals surface area contributed by atoms with Crippen molar-refractivity contribution >= 4 is 57.1 Å². The molecule has 166 valence electrons. The lowest BCUT2D eigenvalue weighted by Crippen LogP contribution is -2.54. The second-order valence-electron chi connectivity index (χ2n) is 6.75. The molecule has 4 amide bonds. The van der Waals surface area contributed by atoms with E-state index in [4.69, 9.17) is 21.1 Å². The first kappa shape index (κ1) is 23.6. The van der Waals surface area contributed by atoms with Crippen LogP contribution in [0, 0.1) is 6.92 Å². The Morgan fingerprint density at radius 1 is 1.19 bits per heavy atom. The standard InChI is InChI=1S/C23H20BrClN2O5/c1-4-8-32-20-18(25)11-14(12-19(20)31-5-2)10-16-21(28)26-23(30)27(22(16)29)15-6-7-17(24)13(3)9-15/h4,6-7,9-12H,1,5,8H2,2-3H3,(H,26,28,30)/b16-10+. The highest BCUT2D eigenvalue weighted by Gasteiger charge is 2.37. The van der Waals surface area contributed by atoms with Crippen LogP contribution in [0.3, 0.4) is 0 Å². The highest BCUT2D eigenvalue weighted by Crippen LogP contribution is 2.37. The number of urea groups is 1. The van der Waals surface area contributed by atoms with E-state index in [1.165, 1.54) is 6.08 Å². The molecule has 0 aromatic heterocycles. The van der Waals surface area contributed by atoms with Gasteiger partial charge in [0.2, 0.25) is 0 Å². The quantitative estimate of drug-likeness (QED) is 0.315. The molecule has 0 spiro atoms. The summed E-state index contributed by atoms with van der Waals surface area (Å²) in [6, 6.07) is 7.33. The molecule has 1 heterocycles. The first-order chi connectivity index (χ1) is 15.3. The van der Waals surface area contributed by atoms with Crippen molar-refractivity contribution in [3.05, 3.63) is 69.2 Å². The number of hydrogen-bond donors (Lipinski definition) is 1. The Balaban J connectivity index is 2.03. The van der Waals surface area contributed by atoms with Crippen molar-refractivity contribution in [2.24, 2.45) is 0 Å². The zero-order valence-corrected chi connectivity index (χ0v) is 19.7. The summed E-state index contributed by atoms with van der Waals surface area (Å²) < 4.78 is 12.0. The third kappa shape index (κ3) is 4.87. The Morgan fingerprint density at radius 3 is 2.59 bits per heavy atom. The van der Waals surface area contributed by atoms with Crippen molar-refractivity contribution < 1.29 is 23.9 Å². The number of carbonyl (C=O) groups is 3. The number of halogens is 2. The molecular formula is C23H20BrClN2O5. The topological polar surface area (TPSA) is 84.9 Å². The molecular weight excluding hydrogens is 500 g/mol. The fourth-order valence-corrected chi connectivity index (χ4v) is 3.56. The van der Waals surface area contributed by atoms with Crippen LogP contribution in [-0.2, 0) is 9.59 Å². The summed E-state index contributed by atoms with van der Waals surface area (Å²) in [5.41, 5.74) is 1.38. The van der Waals surface area contributed by atoms with Gasteiger partial charge in [-0.3, -0.25) is 14.9 Å². The SMILES string of the molecule is C=CCOc1c(Cl)cc(/C=C2\C(=O)NC(=O)N(c3ccc(Br)c(C)c3)C2=O)cc1OCC. The lowest BCUT2D eigenvalue weighted by atomic mass is 10.1. The number of carbonyl (C=O) groups excluding carboxylic acids is 3. The largest absolute Gasteiger partial charge is 0.490 e. The molecule has 0 saturated carbocycles. The van der Waals surface area contributed by atoms with Gasteiger partial charge in [0.25, 0.3) is 11.8 Å². The number of benzene rings is 2. The van der Waals surface area contributed by atoms with E-state index >= 15 is 0 Å². The van der Waals surface area contributed by atoms with Gasteiger partial charge < -0.3 is 9.47 Å². The average molecular weight is 520 g/mol. The minimum Gasteiger partial charge on any atom is -0.490 e. The second kappa shape index (κ2) is 10.0. The molecule has 1 aliphatic rings. The van der Waals surface area contributed by atoms with Crippen molar-refractivity contribution in [1.82, 2.24) is 5.32 Å². The molecule has 1 aliphatic heterocycles. The monoisotopic (exact) mass is 518 g/mol. The summed E-state index contributed by atoms with van der Waals surface area (Å²) in [5, 5.41) is 2.44. The molecule has 0 atom stereocenters. The molecule has 0 unspecified atom stereocenters. The third-order valence-corrected chi connectivity index (χ3v) is 5.66. The zero-order chi connectivity index (χ0) is 23.4. The third-order valence-electron chi connectivity index (χ3n) is 4.49. The van der Waals surface area contributed by atoms with Crippen LogP contribution in [0.2, 0.25) is 5.02 Å². The number of aryl methyl sites for hydroxylation is 1. The molecule has 2 aromatic rings. The number of ether oxygens (including phenoxy) is 2. The van der Waals surface area contributed by atoms with Crippen LogP contribution in [0.25, 0.3) is 6.08 Å². The van der Waals surface area contributed by atoms with E-state index in [0.29, 0.717) is 29.4 Å². The molecule has 3 rings (SSSR count). The van der Waals surface area contributed by atoms with Crippen LogP contribution >= 0.6 is 27.5 Å². The zero-order valence-electron chi connectivity index (χ0n) is 17.4. The first-order valence-electron chi connectivity index (χ1n) is 9.64. The molecule has 32 heavy (non-hydrogen) atoms. The predicted molar refractivity (Wildman–Crippen MR) is 126 cm³/mol. The van der Waals surface area contributed by atoms with Crippen LogP contribution in [-0.4, -0.2) is 31.1 Å². The minimum atomic E-state index is -0.819. The minimum absolute atomic E-state index is 0.219. The van der Waals surface area contributed by atoms with Gasteiger partial charge in [-0.05, 0) is 61.4 Å². The van der Waals surface area contributed by atoms with Gasteiger partial charge in [0, 0.05) is 4.47 Å². The smallest absolute Gasteiger partial charge is 0.335 e. The lowest BCUT2D eigenvalue weighted by Gasteiger charge is -2.26. The molecule has 2 aromatic carbocycles. The maximum Gasteiger partial charge on any atom is 0.335 e. The molecule has 0 aliphatic carbocycles. The van der Waals surface area contributed by atoms with Gasteiger partial charge in [-0.15, -0.1) is 0 Å². The molecule has 1 saturated heterocycles. The maximum atomic E-state index is 13.1. The van der Waals surface area contributed by atoms with Crippen molar-refractivity contribution in [3.8, 4) is 11.5 Å². The van der Waals surface area contributed by atoms with Crippen molar-refractivity contribution in [3.63, 3.8) is 0 Å². The van der Waals surface area contributed by atoms with Gasteiger partial charge >= 0.3 is 6.03 Å². The number of nitrogens with one attached hydrogen (secondary N) is 1. The van der Waals surface area contributed by atoms with Crippen LogP contribution in [0.4, 0.5) is 10.5 Å². The normalized spacial score (nSPS) is 15.1. The molecule has 7 nitrogen and oxygen atoms in total. The number of rotatable bonds is 7. The molecule has 0 bridgehead atoms. The van der Waals surface area contributed by atoms with E-state index in [1.54, 1.807) is 43.3 Å². The van der Waals surface area contributed by atoms with Gasteiger partial charge in [0.05, 0.1) is 17.3 Å². The van der Waals surface area contributed by atoms with Crippen LogP contribution in [0.1, 0.15) is 18.1 Å².